The molecule has 2 rings (SSSR count). The number of ether oxygens (including phenoxy) is 1. The molecule has 0 aliphatic carbocycles. The first-order valence-electron chi connectivity index (χ1n) is 5.53. The molecule has 1 saturated heterocycles. The van der Waals surface area contributed by atoms with Crippen molar-refractivity contribution in [3.63, 3.8) is 0 Å². The standard InChI is InChI=1S/C12H12BrCl2NO2/c13-11-2-1-8(15)5-10(11)12(17)16-3-4-18-7-9(16)6-14/h1-2,5,9H,3-4,6-7H2. The molecule has 1 aliphatic rings. The Labute approximate surface area is 124 Å². The molecule has 1 amide bonds. The summed E-state index contributed by atoms with van der Waals surface area (Å²) in [4.78, 5) is 14.2. The molecule has 1 fully saturated rings. The Morgan fingerprint density at radius 2 is 2.33 bits per heavy atom. The monoisotopic (exact) mass is 351 g/mol. The summed E-state index contributed by atoms with van der Waals surface area (Å²) < 4.78 is 6.06. The lowest BCUT2D eigenvalue weighted by Gasteiger charge is -2.34. The number of alkyl halides is 1. The Morgan fingerprint density at radius 3 is 3.06 bits per heavy atom. The molecule has 18 heavy (non-hydrogen) atoms. The zero-order chi connectivity index (χ0) is 13.1. The van der Waals surface area contributed by atoms with Gasteiger partial charge in [-0.15, -0.1) is 11.6 Å². The first kappa shape index (κ1) is 14.1. The molecule has 0 saturated carbocycles. The zero-order valence-corrected chi connectivity index (χ0v) is 12.6. The fourth-order valence-corrected chi connectivity index (χ4v) is 2.71. The van der Waals surface area contributed by atoms with Crippen LogP contribution < -0.4 is 0 Å². The van der Waals surface area contributed by atoms with Crippen LogP contribution in [-0.4, -0.2) is 42.5 Å². The van der Waals surface area contributed by atoms with Gasteiger partial charge in [-0.3, -0.25) is 4.79 Å². The average Bonchev–Trinajstić information content (AvgIpc) is 2.40. The third kappa shape index (κ3) is 2.99. The van der Waals surface area contributed by atoms with Crippen molar-refractivity contribution in [1.82, 2.24) is 4.90 Å². The summed E-state index contributed by atoms with van der Waals surface area (Å²) in [6, 6.07) is 5.08. The van der Waals surface area contributed by atoms with Crippen LogP contribution in [0, 0.1) is 0 Å². The molecule has 0 N–H and O–H groups in total. The summed E-state index contributed by atoms with van der Waals surface area (Å²) >= 11 is 15.2. The van der Waals surface area contributed by atoms with Gasteiger partial charge in [0, 0.05) is 21.9 Å². The van der Waals surface area contributed by atoms with Gasteiger partial charge in [0.05, 0.1) is 24.8 Å². The molecule has 0 bridgehead atoms. The highest BCUT2D eigenvalue weighted by Crippen LogP contribution is 2.24. The minimum atomic E-state index is -0.0844. The van der Waals surface area contributed by atoms with Gasteiger partial charge in [-0.1, -0.05) is 11.6 Å². The van der Waals surface area contributed by atoms with Crippen LogP contribution in [0.4, 0.5) is 0 Å². The van der Waals surface area contributed by atoms with E-state index < -0.39 is 0 Å². The number of amides is 1. The van der Waals surface area contributed by atoms with Crippen LogP contribution in [0.2, 0.25) is 5.02 Å². The SMILES string of the molecule is O=C(c1cc(Cl)ccc1Br)N1CCOCC1CCl. The molecule has 1 aliphatic heterocycles. The fraction of sp³-hybridized carbons (Fsp3) is 0.417. The topological polar surface area (TPSA) is 29.5 Å². The number of hydrogen-bond donors (Lipinski definition) is 0. The second-order valence-corrected chi connectivity index (χ2v) is 5.61. The van der Waals surface area contributed by atoms with E-state index in [1.165, 1.54) is 0 Å². The summed E-state index contributed by atoms with van der Waals surface area (Å²) in [6.45, 7) is 1.57. The van der Waals surface area contributed by atoms with Crippen LogP contribution in [0.15, 0.2) is 22.7 Å². The number of morpholine rings is 1. The van der Waals surface area contributed by atoms with Gasteiger partial charge in [-0.25, -0.2) is 0 Å². The third-order valence-corrected chi connectivity index (χ3v) is 4.11. The summed E-state index contributed by atoms with van der Waals surface area (Å²) in [5.41, 5.74) is 0.555. The first-order valence-corrected chi connectivity index (χ1v) is 7.23. The molecule has 0 radical (unpaired) electrons. The van der Waals surface area contributed by atoms with Crippen LogP contribution in [0.5, 0.6) is 0 Å². The molecule has 1 aromatic carbocycles. The summed E-state index contributed by atoms with van der Waals surface area (Å²) in [5.74, 6) is 0.294. The van der Waals surface area contributed by atoms with Crippen molar-refractivity contribution in [1.29, 1.82) is 0 Å². The van der Waals surface area contributed by atoms with Gasteiger partial charge in [-0.05, 0) is 34.1 Å². The van der Waals surface area contributed by atoms with Gasteiger partial charge < -0.3 is 9.64 Å². The number of nitrogens with zero attached hydrogens (tertiary/aromatic N) is 1. The quantitative estimate of drug-likeness (QED) is 0.765. The van der Waals surface area contributed by atoms with Gasteiger partial charge in [0.2, 0.25) is 0 Å². The Bertz CT molecular complexity index is 456. The molecule has 1 atom stereocenters. The molecule has 0 aromatic heterocycles. The van der Waals surface area contributed by atoms with Gasteiger partial charge in [0.1, 0.15) is 0 Å². The largest absolute Gasteiger partial charge is 0.377 e. The fourth-order valence-electron chi connectivity index (χ4n) is 1.87. The molecule has 3 nitrogen and oxygen atoms in total. The van der Waals surface area contributed by atoms with Crippen LogP contribution >= 0.6 is 39.1 Å². The average molecular weight is 353 g/mol. The van der Waals surface area contributed by atoms with E-state index in [4.69, 9.17) is 27.9 Å². The maximum Gasteiger partial charge on any atom is 0.255 e. The van der Waals surface area contributed by atoms with Crippen molar-refractivity contribution in [2.75, 3.05) is 25.6 Å². The number of carbonyl (C=O) groups is 1. The number of carbonyl (C=O) groups excluding carboxylic acids is 1. The van der Waals surface area contributed by atoms with E-state index >= 15 is 0 Å². The molecule has 98 valence electrons. The van der Waals surface area contributed by atoms with Crippen LogP contribution in [0.3, 0.4) is 0 Å². The molecular weight excluding hydrogens is 341 g/mol. The lowest BCUT2D eigenvalue weighted by atomic mass is 10.1. The van der Waals surface area contributed by atoms with E-state index in [2.05, 4.69) is 15.9 Å². The van der Waals surface area contributed by atoms with Crippen LogP contribution in [0.1, 0.15) is 10.4 Å². The summed E-state index contributed by atoms with van der Waals surface area (Å²) in [7, 11) is 0. The smallest absolute Gasteiger partial charge is 0.255 e. The first-order chi connectivity index (χ1) is 8.63. The number of benzene rings is 1. The van der Waals surface area contributed by atoms with Crippen LogP contribution in [0.25, 0.3) is 0 Å². The number of hydrogen-bond acceptors (Lipinski definition) is 2. The van der Waals surface area contributed by atoms with Crippen LogP contribution in [-0.2, 0) is 4.74 Å². The maximum absolute atomic E-state index is 12.5. The summed E-state index contributed by atoms with van der Waals surface area (Å²) in [6.07, 6.45) is 0. The predicted octanol–water partition coefficient (Wildman–Crippen LogP) is 3.18. The second-order valence-electron chi connectivity index (χ2n) is 4.01. The highest BCUT2D eigenvalue weighted by molar-refractivity contribution is 9.10. The summed E-state index contributed by atoms with van der Waals surface area (Å²) in [5, 5.41) is 0.539. The Morgan fingerprint density at radius 1 is 1.56 bits per heavy atom. The Hall–Kier alpha value is -0.290. The number of halogens is 3. The zero-order valence-electron chi connectivity index (χ0n) is 9.54. The normalized spacial score (nSPS) is 19.9. The highest BCUT2D eigenvalue weighted by atomic mass is 79.9. The van der Waals surface area contributed by atoms with E-state index in [-0.39, 0.29) is 11.9 Å². The van der Waals surface area contributed by atoms with E-state index in [9.17, 15) is 4.79 Å². The Kier molecular flexibility index (Phi) is 4.90. The van der Waals surface area contributed by atoms with Crippen molar-refractivity contribution in [3.05, 3.63) is 33.3 Å². The second kappa shape index (κ2) is 6.24. The van der Waals surface area contributed by atoms with E-state index in [0.29, 0.717) is 36.2 Å². The minimum Gasteiger partial charge on any atom is -0.377 e. The van der Waals surface area contributed by atoms with Crippen molar-refractivity contribution in [3.8, 4) is 0 Å². The van der Waals surface area contributed by atoms with Gasteiger partial charge >= 0.3 is 0 Å². The van der Waals surface area contributed by atoms with Crippen molar-refractivity contribution in [2.45, 2.75) is 6.04 Å². The lowest BCUT2D eigenvalue weighted by Crippen LogP contribution is -2.49. The van der Waals surface area contributed by atoms with E-state index in [1.54, 1.807) is 23.1 Å². The van der Waals surface area contributed by atoms with Crippen molar-refractivity contribution in [2.24, 2.45) is 0 Å². The van der Waals surface area contributed by atoms with E-state index in [0.717, 1.165) is 4.47 Å². The van der Waals surface area contributed by atoms with E-state index in [1.807, 2.05) is 0 Å². The molecule has 0 spiro atoms. The van der Waals surface area contributed by atoms with Gasteiger partial charge in [0.15, 0.2) is 0 Å². The van der Waals surface area contributed by atoms with Crippen molar-refractivity contribution < 1.29 is 9.53 Å². The lowest BCUT2D eigenvalue weighted by molar-refractivity contribution is 0.00451. The minimum absolute atomic E-state index is 0.0710. The predicted molar refractivity (Wildman–Crippen MR) is 75.5 cm³/mol. The molecule has 6 heteroatoms. The molecule has 1 aromatic rings. The third-order valence-electron chi connectivity index (χ3n) is 2.83. The van der Waals surface area contributed by atoms with Gasteiger partial charge in [-0.2, -0.15) is 0 Å². The highest BCUT2D eigenvalue weighted by Gasteiger charge is 2.28. The maximum atomic E-state index is 12.5. The molecule has 1 unspecified atom stereocenters. The van der Waals surface area contributed by atoms with Crippen molar-refractivity contribution >= 4 is 45.0 Å². The number of rotatable bonds is 2. The Balaban J connectivity index is 2.26. The molecular formula is C12H12BrCl2NO2. The van der Waals surface area contributed by atoms with Gasteiger partial charge in [0.25, 0.3) is 5.91 Å². The molecule has 1 heterocycles.